The van der Waals surface area contributed by atoms with Crippen molar-refractivity contribution in [2.24, 2.45) is 5.92 Å². The summed E-state index contributed by atoms with van der Waals surface area (Å²) in [6, 6.07) is 11.1. The van der Waals surface area contributed by atoms with Crippen molar-refractivity contribution in [3.63, 3.8) is 0 Å². The van der Waals surface area contributed by atoms with E-state index in [1.807, 2.05) is 6.92 Å². The number of benzene rings is 1. The van der Waals surface area contributed by atoms with Crippen LogP contribution in [-0.4, -0.2) is 39.9 Å². The van der Waals surface area contributed by atoms with Crippen molar-refractivity contribution in [2.45, 2.75) is 39.8 Å². The minimum absolute atomic E-state index is 0.00585. The molecule has 3 heterocycles. The van der Waals surface area contributed by atoms with E-state index in [4.69, 9.17) is 13.9 Å². The number of pyridine rings is 1. The van der Waals surface area contributed by atoms with Crippen molar-refractivity contribution >= 4 is 17.4 Å². The highest BCUT2D eigenvalue weighted by molar-refractivity contribution is 6.46. The number of carbonyl (C=O) groups is 2. The summed E-state index contributed by atoms with van der Waals surface area (Å²) in [5, 5.41) is 11.2. The predicted molar refractivity (Wildman–Crippen MR) is 133 cm³/mol. The van der Waals surface area contributed by atoms with E-state index in [-0.39, 0.29) is 17.9 Å². The Morgan fingerprint density at radius 2 is 1.89 bits per heavy atom. The van der Waals surface area contributed by atoms with Crippen LogP contribution in [0.5, 0.6) is 11.5 Å². The molecule has 1 aliphatic rings. The van der Waals surface area contributed by atoms with Crippen molar-refractivity contribution < 1.29 is 28.6 Å². The Morgan fingerprint density at radius 3 is 2.56 bits per heavy atom. The fourth-order valence-electron chi connectivity index (χ4n) is 4.11. The van der Waals surface area contributed by atoms with Gasteiger partial charge in [-0.15, -0.1) is 0 Å². The van der Waals surface area contributed by atoms with E-state index in [2.05, 4.69) is 18.8 Å². The molecule has 8 heteroatoms. The molecule has 0 saturated carbocycles. The number of hydrogen-bond acceptors (Lipinski definition) is 7. The van der Waals surface area contributed by atoms with Crippen molar-refractivity contribution in [1.82, 2.24) is 9.88 Å². The SMILES string of the molecule is CCOc1cc(C2/C(=C(\O)c3ccncc3)C(=O)C(=O)N2Cc2ccco2)ccc1OCCC(C)C. The molecule has 36 heavy (non-hydrogen) atoms. The number of aliphatic hydroxyl groups excluding tert-OH is 1. The first kappa shape index (κ1) is 25.0. The third kappa shape index (κ3) is 5.27. The first-order chi connectivity index (χ1) is 17.4. The standard InChI is InChI=1S/C28H30N2O6/c1-4-34-23-16-20(7-8-22(23)36-15-11-18(2)3)25-24(26(31)19-9-12-29-13-10-19)27(32)28(33)30(25)17-21-6-5-14-35-21/h5-10,12-14,16,18,25,31H,4,11,15,17H2,1-3H3/b26-24+. The average molecular weight is 491 g/mol. The molecule has 0 spiro atoms. The molecule has 0 aliphatic carbocycles. The van der Waals surface area contributed by atoms with Crippen molar-refractivity contribution in [3.8, 4) is 11.5 Å². The molecule has 1 aromatic carbocycles. The van der Waals surface area contributed by atoms with Gasteiger partial charge < -0.3 is 23.9 Å². The van der Waals surface area contributed by atoms with Gasteiger partial charge in [0.25, 0.3) is 11.7 Å². The summed E-state index contributed by atoms with van der Waals surface area (Å²) in [5.41, 5.74) is 0.995. The Morgan fingerprint density at radius 1 is 1.11 bits per heavy atom. The molecular weight excluding hydrogens is 460 g/mol. The number of rotatable bonds is 10. The first-order valence-electron chi connectivity index (χ1n) is 12.0. The van der Waals surface area contributed by atoms with Crippen LogP contribution in [0.2, 0.25) is 0 Å². The van der Waals surface area contributed by atoms with Gasteiger partial charge >= 0.3 is 0 Å². The lowest BCUT2D eigenvalue weighted by molar-refractivity contribution is -0.140. The van der Waals surface area contributed by atoms with Crippen LogP contribution >= 0.6 is 0 Å². The molecule has 2 aromatic heterocycles. The summed E-state index contributed by atoms with van der Waals surface area (Å²) in [6.45, 7) is 7.13. The molecular formula is C28H30N2O6. The maximum atomic E-state index is 13.2. The number of likely N-dealkylation sites (tertiary alicyclic amines) is 1. The van der Waals surface area contributed by atoms with Crippen LogP contribution < -0.4 is 9.47 Å². The van der Waals surface area contributed by atoms with Gasteiger partial charge in [0.2, 0.25) is 0 Å². The lowest BCUT2D eigenvalue weighted by Gasteiger charge is -2.25. The van der Waals surface area contributed by atoms with Crippen LogP contribution in [0.1, 0.15) is 50.1 Å². The Balaban J connectivity index is 1.80. The number of hydrogen-bond donors (Lipinski definition) is 1. The van der Waals surface area contributed by atoms with Crippen LogP contribution in [0.15, 0.2) is 71.1 Å². The van der Waals surface area contributed by atoms with E-state index in [1.54, 1.807) is 42.5 Å². The third-order valence-corrected chi connectivity index (χ3v) is 5.94. The van der Waals surface area contributed by atoms with Crippen LogP contribution in [-0.2, 0) is 16.1 Å². The van der Waals surface area contributed by atoms with Crippen LogP contribution in [0.4, 0.5) is 0 Å². The Kier molecular flexibility index (Phi) is 7.73. The largest absolute Gasteiger partial charge is 0.507 e. The lowest BCUT2D eigenvalue weighted by atomic mass is 9.95. The molecule has 1 atom stereocenters. The van der Waals surface area contributed by atoms with Crippen molar-refractivity contribution in [3.05, 3.63) is 83.6 Å². The summed E-state index contributed by atoms with van der Waals surface area (Å²) in [5.74, 6) is 0.347. The average Bonchev–Trinajstić information content (AvgIpc) is 3.47. The Bertz CT molecular complexity index is 1230. The zero-order valence-corrected chi connectivity index (χ0v) is 20.6. The number of aromatic nitrogens is 1. The lowest BCUT2D eigenvalue weighted by Crippen LogP contribution is -2.29. The minimum atomic E-state index is -0.854. The predicted octanol–water partition coefficient (Wildman–Crippen LogP) is 5.12. The number of aliphatic hydroxyl groups is 1. The minimum Gasteiger partial charge on any atom is -0.507 e. The molecule has 3 aromatic rings. The van der Waals surface area contributed by atoms with E-state index in [0.29, 0.717) is 47.5 Å². The summed E-state index contributed by atoms with van der Waals surface area (Å²) >= 11 is 0. The van der Waals surface area contributed by atoms with Crippen molar-refractivity contribution in [2.75, 3.05) is 13.2 Å². The molecule has 1 saturated heterocycles. The number of carbonyl (C=O) groups excluding carboxylic acids is 2. The molecule has 4 rings (SSSR count). The highest BCUT2D eigenvalue weighted by Gasteiger charge is 2.46. The van der Waals surface area contributed by atoms with Gasteiger partial charge in [-0.3, -0.25) is 14.6 Å². The highest BCUT2D eigenvalue weighted by atomic mass is 16.5. The normalized spacial score (nSPS) is 17.1. The molecule has 1 N–H and O–H groups in total. The number of furan rings is 1. The van der Waals surface area contributed by atoms with Gasteiger partial charge in [0.15, 0.2) is 11.5 Å². The van der Waals surface area contributed by atoms with Gasteiger partial charge in [0.1, 0.15) is 11.5 Å². The maximum Gasteiger partial charge on any atom is 0.296 e. The number of Topliss-reactive ketones (excluding diaryl/α,β-unsaturated/α-hetero) is 1. The number of amides is 1. The summed E-state index contributed by atoms with van der Waals surface area (Å²) in [6.07, 6.45) is 5.43. The third-order valence-electron chi connectivity index (χ3n) is 5.94. The quantitative estimate of drug-likeness (QED) is 0.239. The number of ether oxygens (including phenoxy) is 2. The van der Waals surface area contributed by atoms with Gasteiger partial charge in [0, 0.05) is 18.0 Å². The second kappa shape index (κ2) is 11.1. The highest BCUT2D eigenvalue weighted by Crippen LogP contribution is 2.42. The Labute approximate surface area is 210 Å². The van der Waals surface area contributed by atoms with Crippen LogP contribution in [0, 0.1) is 5.92 Å². The zero-order valence-electron chi connectivity index (χ0n) is 20.6. The van der Waals surface area contributed by atoms with E-state index >= 15 is 0 Å². The zero-order chi connectivity index (χ0) is 25.7. The summed E-state index contributed by atoms with van der Waals surface area (Å²) in [7, 11) is 0. The molecule has 8 nitrogen and oxygen atoms in total. The summed E-state index contributed by atoms with van der Waals surface area (Å²) < 4.78 is 17.3. The van der Waals surface area contributed by atoms with Crippen LogP contribution in [0.25, 0.3) is 5.76 Å². The van der Waals surface area contributed by atoms with E-state index in [0.717, 1.165) is 6.42 Å². The summed E-state index contributed by atoms with van der Waals surface area (Å²) in [4.78, 5) is 31.7. The smallest absolute Gasteiger partial charge is 0.296 e. The topological polar surface area (TPSA) is 102 Å². The van der Waals surface area contributed by atoms with E-state index in [1.165, 1.54) is 23.6 Å². The van der Waals surface area contributed by atoms with Crippen LogP contribution in [0.3, 0.4) is 0 Å². The van der Waals surface area contributed by atoms with Gasteiger partial charge in [-0.05, 0) is 61.2 Å². The van der Waals surface area contributed by atoms with Gasteiger partial charge in [-0.25, -0.2) is 0 Å². The van der Waals surface area contributed by atoms with Gasteiger partial charge in [0.05, 0.1) is 37.6 Å². The molecule has 1 aliphatic heterocycles. The van der Waals surface area contributed by atoms with Gasteiger partial charge in [-0.1, -0.05) is 19.9 Å². The second-order valence-electron chi connectivity index (χ2n) is 8.91. The monoisotopic (exact) mass is 490 g/mol. The molecule has 1 unspecified atom stereocenters. The van der Waals surface area contributed by atoms with Gasteiger partial charge in [-0.2, -0.15) is 0 Å². The molecule has 1 amide bonds. The molecule has 0 radical (unpaired) electrons. The maximum absolute atomic E-state index is 13.2. The number of nitrogens with zero attached hydrogens (tertiary/aromatic N) is 2. The molecule has 0 bridgehead atoms. The van der Waals surface area contributed by atoms with E-state index < -0.39 is 17.7 Å². The Hall–Kier alpha value is -4.07. The molecule has 1 fully saturated rings. The fraction of sp³-hybridized carbons (Fsp3) is 0.321. The first-order valence-corrected chi connectivity index (χ1v) is 12.0. The van der Waals surface area contributed by atoms with E-state index in [9.17, 15) is 14.7 Å². The number of ketones is 1. The van der Waals surface area contributed by atoms with Crippen molar-refractivity contribution in [1.29, 1.82) is 0 Å². The second-order valence-corrected chi connectivity index (χ2v) is 8.91. The molecule has 188 valence electrons. The fourth-order valence-corrected chi connectivity index (χ4v) is 4.11.